The maximum Gasteiger partial charge on any atom is 0.279 e. The lowest BCUT2D eigenvalue weighted by molar-refractivity contribution is 0.406. The van der Waals surface area contributed by atoms with Crippen molar-refractivity contribution in [2.24, 2.45) is 0 Å². The summed E-state index contributed by atoms with van der Waals surface area (Å²) in [6.45, 7) is 0.369. The van der Waals surface area contributed by atoms with E-state index in [4.69, 9.17) is 4.55 Å². The molecule has 0 bridgehead atoms. The Kier molecular flexibility index (Phi) is 1.73. The second kappa shape index (κ2) is 2.12. The van der Waals surface area contributed by atoms with Crippen LogP contribution in [0.3, 0.4) is 0 Å². The van der Waals surface area contributed by atoms with Crippen LogP contribution in [0, 0.1) is 0 Å². The molecule has 1 aliphatic heterocycles. The van der Waals surface area contributed by atoms with Gasteiger partial charge in [0.25, 0.3) is 10.1 Å². The van der Waals surface area contributed by atoms with Crippen LogP contribution in [0.15, 0.2) is 0 Å². The Morgan fingerprint density at radius 3 is 2.33 bits per heavy atom. The van der Waals surface area contributed by atoms with Crippen molar-refractivity contribution in [1.82, 2.24) is 0 Å². The monoisotopic (exact) mass is 170 g/mol. The van der Waals surface area contributed by atoms with Gasteiger partial charge in [-0.2, -0.15) is 21.0 Å². The summed E-state index contributed by atoms with van der Waals surface area (Å²) >= 11 is 3.60. The van der Waals surface area contributed by atoms with Gasteiger partial charge in [-0.1, -0.05) is 0 Å². The summed E-state index contributed by atoms with van der Waals surface area (Å²) < 4.78 is 32.2. The summed E-state index contributed by atoms with van der Waals surface area (Å²) in [6.07, 6.45) is -0.414. The van der Waals surface area contributed by atoms with Gasteiger partial charge >= 0.3 is 0 Å². The molecule has 0 saturated carbocycles. The van der Waals surface area contributed by atoms with Gasteiger partial charge in [-0.3, -0.25) is 4.55 Å². The van der Waals surface area contributed by atoms with Gasteiger partial charge in [-0.05, 0) is 0 Å². The third-order valence-corrected chi connectivity index (χ3v) is 3.03. The fraction of sp³-hybridized carbons (Fsp3) is 1.00. The summed E-state index contributed by atoms with van der Waals surface area (Å²) in [5.74, 6) is 0. The number of rotatable bonds is 2. The minimum Gasteiger partial charge on any atom is -0.371 e. The van der Waals surface area contributed by atoms with Crippen molar-refractivity contribution in [3.63, 3.8) is 0 Å². The van der Waals surface area contributed by atoms with Gasteiger partial charge in [0.1, 0.15) is 6.10 Å². The maximum absolute atomic E-state index is 10.2. The van der Waals surface area contributed by atoms with Crippen LogP contribution in [0.1, 0.15) is 0 Å². The molecule has 0 aliphatic carbocycles. The molecule has 0 radical (unpaired) electrons. The van der Waals surface area contributed by atoms with Crippen LogP contribution in [0.5, 0.6) is 0 Å². The van der Waals surface area contributed by atoms with E-state index in [9.17, 15) is 8.42 Å². The first-order valence-electron chi connectivity index (χ1n) is 2.28. The Morgan fingerprint density at radius 2 is 2.22 bits per heavy atom. The van der Waals surface area contributed by atoms with Gasteiger partial charge in [-0.25, -0.2) is 0 Å². The molecular weight excluding hydrogens is 164 g/mol. The van der Waals surface area contributed by atoms with Gasteiger partial charge in [0.05, 0.1) is 6.61 Å². The first-order valence-corrected chi connectivity index (χ1v) is 4.30. The lowest BCUT2D eigenvalue weighted by Gasteiger charge is -1.99. The lowest BCUT2D eigenvalue weighted by atomic mass is 10.6. The molecule has 0 aromatic heterocycles. The minimum atomic E-state index is -4.00. The van der Waals surface area contributed by atoms with E-state index in [2.05, 4.69) is 17.4 Å². The van der Waals surface area contributed by atoms with Crippen molar-refractivity contribution < 1.29 is 17.7 Å². The van der Waals surface area contributed by atoms with Crippen molar-refractivity contribution in [2.75, 3.05) is 6.61 Å². The van der Waals surface area contributed by atoms with Gasteiger partial charge in [-0.15, -0.1) is 0 Å². The lowest BCUT2D eigenvalue weighted by Crippen LogP contribution is -2.19. The van der Waals surface area contributed by atoms with Crippen molar-refractivity contribution in [3.8, 4) is 0 Å². The predicted molar refractivity (Wildman–Crippen MR) is 34.1 cm³/mol. The highest BCUT2D eigenvalue weighted by atomic mass is 32.3. The normalized spacial score (nSPS) is 29.8. The molecule has 1 fully saturated rings. The Bertz CT molecular complexity index is 192. The zero-order valence-electron chi connectivity index (χ0n) is 4.39. The van der Waals surface area contributed by atoms with Gasteiger partial charge in [0.2, 0.25) is 0 Å². The maximum atomic E-state index is 10.2. The first-order chi connectivity index (χ1) is 4.02. The Morgan fingerprint density at radius 1 is 1.78 bits per heavy atom. The van der Waals surface area contributed by atoms with Crippen LogP contribution in [-0.2, 0) is 14.9 Å². The molecule has 4 nitrogen and oxygen atoms in total. The average Bonchev–Trinajstić information content (AvgIpc) is 2.40. The Hall–Kier alpha value is 0.220. The van der Waals surface area contributed by atoms with Gasteiger partial charge < -0.3 is 4.74 Å². The molecule has 1 heterocycles. The van der Waals surface area contributed by atoms with E-state index >= 15 is 0 Å². The molecule has 9 heavy (non-hydrogen) atoms. The van der Waals surface area contributed by atoms with Gasteiger partial charge in [0.15, 0.2) is 4.58 Å². The SMILES string of the molecule is O=S(=O)(O)C(S)C1CO1. The van der Waals surface area contributed by atoms with Crippen LogP contribution in [-0.4, -0.2) is 30.3 Å². The zero-order valence-corrected chi connectivity index (χ0v) is 6.10. The number of thiol groups is 1. The summed E-state index contributed by atoms with van der Waals surface area (Å²) in [5, 5.41) is 0. The summed E-state index contributed by atoms with van der Waals surface area (Å²) in [5.41, 5.74) is 0. The second-order valence-corrected chi connectivity index (χ2v) is 4.22. The quantitative estimate of drug-likeness (QED) is 0.334. The first kappa shape index (κ1) is 7.33. The minimum absolute atomic E-state index is 0.369. The van der Waals surface area contributed by atoms with Gasteiger partial charge in [0, 0.05) is 0 Å². The fourth-order valence-corrected chi connectivity index (χ4v) is 1.12. The molecule has 1 aliphatic rings. The molecule has 1 saturated heterocycles. The van der Waals surface area contributed by atoms with E-state index in [0.717, 1.165) is 0 Å². The van der Waals surface area contributed by atoms with E-state index < -0.39 is 20.8 Å². The molecule has 54 valence electrons. The molecule has 1 N–H and O–H groups in total. The average molecular weight is 170 g/mol. The number of ether oxygens (including phenoxy) is 1. The second-order valence-electron chi connectivity index (χ2n) is 1.78. The summed E-state index contributed by atoms with van der Waals surface area (Å²) in [7, 11) is -4.00. The van der Waals surface area contributed by atoms with Crippen LogP contribution in [0.25, 0.3) is 0 Å². The van der Waals surface area contributed by atoms with Crippen molar-refractivity contribution in [3.05, 3.63) is 0 Å². The number of hydrogen-bond acceptors (Lipinski definition) is 4. The molecule has 6 heteroatoms. The standard InChI is InChI=1S/C3H6O4S2/c4-9(5,6)3(8)2-1-7-2/h2-3,8H,1H2,(H,4,5,6). The Balaban J connectivity index is 2.61. The molecule has 0 amide bonds. The molecule has 2 atom stereocenters. The molecular formula is C3H6O4S2. The van der Waals surface area contributed by atoms with E-state index in [0.29, 0.717) is 6.61 Å². The van der Waals surface area contributed by atoms with E-state index in [1.165, 1.54) is 0 Å². The van der Waals surface area contributed by atoms with E-state index in [1.54, 1.807) is 0 Å². The summed E-state index contributed by atoms with van der Waals surface area (Å²) in [4.78, 5) is 0. The Labute approximate surface area is 58.4 Å². The third kappa shape index (κ3) is 1.82. The van der Waals surface area contributed by atoms with Crippen LogP contribution >= 0.6 is 12.6 Å². The topological polar surface area (TPSA) is 66.9 Å². The largest absolute Gasteiger partial charge is 0.371 e. The van der Waals surface area contributed by atoms with Crippen LogP contribution in [0.2, 0.25) is 0 Å². The molecule has 2 unspecified atom stereocenters. The highest BCUT2D eigenvalue weighted by Crippen LogP contribution is 2.22. The van der Waals surface area contributed by atoms with E-state index in [1.807, 2.05) is 0 Å². The zero-order chi connectivity index (χ0) is 7.07. The van der Waals surface area contributed by atoms with Crippen molar-refractivity contribution >= 4 is 22.7 Å². The number of hydrogen-bond donors (Lipinski definition) is 2. The molecule has 1 rings (SSSR count). The molecule has 0 aromatic rings. The third-order valence-electron chi connectivity index (χ3n) is 0.982. The van der Waals surface area contributed by atoms with Crippen molar-refractivity contribution in [2.45, 2.75) is 10.7 Å². The van der Waals surface area contributed by atoms with Crippen LogP contribution in [0.4, 0.5) is 0 Å². The van der Waals surface area contributed by atoms with Crippen LogP contribution < -0.4 is 0 Å². The smallest absolute Gasteiger partial charge is 0.279 e. The molecule has 0 spiro atoms. The van der Waals surface area contributed by atoms with E-state index in [-0.39, 0.29) is 0 Å². The number of epoxide rings is 1. The highest BCUT2D eigenvalue weighted by Gasteiger charge is 2.38. The predicted octanol–water partition coefficient (Wildman–Crippen LogP) is -0.471. The fourth-order valence-electron chi connectivity index (χ4n) is 0.412. The highest BCUT2D eigenvalue weighted by molar-refractivity contribution is 8.01. The molecule has 0 aromatic carbocycles. The van der Waals surface area contributed by atoms with Crippen molar-refractivity contribution in [1.29, 1.82) is 0 Å². The summed E-state index contributed by atoms with van der Waals surface area (Å²) in [6, 6.07) is 0.